The van der Waals surface area contributed by atoms with Crippen LogP contribution in [0, 0.1) is 0 Å². The maximum absolute atomic E-state index is 13.2. The maximum atomic E-state index is 13.2. The second kappa shape index (κ2) is 7.05. The highest BCUT2D eigenvalue weighted by molar-refractivity contribution is 6.10. The minimum absolute atomic E-state index is 0.315. The standard InChI is InChI=1S/C21H20N4O4/c22-18(27)14-7-9-15(10-8-14)23-17(26)12-25-19(28)21(24-20(25)29)11-3-5-13-4-1-2-6-16(13)21/h1-2,4,6-10H,3,5,11-12H2,(H2,22,27)(H,23,26)(H,24,29). The highest BCUT2D eigenvalue weighted by atomic mass is 16.2. The Morgan fingerprint density at radius 3 is 2.55 bits per heavy atom. The van der Waals surface area contributed by atoms with E-state index in [0.29, 0.717) is 17.7 Å². The number of benzene rings is 2. The molecule has 0 bridgehead atoms. The van der Waals surface area contributed by atoms with Crippen LogP contribution in [0.15, 0.2) is 48.5 Å². The van der Waals surface area contributed by atoms with Crippen LogP contribution >= 0.6 is 0 Å². The minimum Gasteiger partial charge on any atom is -0.366 e. The summed E-state index contributed by atoms with van der Waals surface area (Å²) in [7, 11) is 0. The summed E-state index contributed by atoms with van der Waals surface area (Å²) in [6.45, 7) is -0.397. The molecule has 0 radical (unpaired) electrons. The highest BCUT2D eigenvalue weighted by Crippen LogP contribution is 2.39. The van der Waals surface area contributed by atoms with E-state index in [2.05, 4.69) is 10.6 Å². The summed E-state index contributed by atoms with van der Waals surface area (Å²) in [5, 5.41) is 5.44. The van der Waals surface area contributed by atoms with E-state index in [1.807, 2.05) is 24.3 Å². The van der Waals surface area contributed by atoms with E-state index >= 15 is 0 Å². The van der Waals surface area contributed by atoms with Gasteiger partial charge in [0.15, 0.2) is 0 Å². The molecule has 0 aromatic heterocycles. The molecule has 2 aromatic rings. The van der Waals surface area contributed by atoms with Crippen molar-refractivity contribution in [3.63, 3.8) is 0 Å². The Bertz CT molecular complexity index is 1020. The molecule has 1 aliphatic carbocycles. The second-order valence-corrected chi connectivity index (χ2v) is 7.23. The largest absolute Gasteiger partial charge is 0.366 e. The number of fused-ring (bicyclic) bond motifs is 2. The fourth-order valence-corrected chi connectivity index (χ4v) is 4.02. The summed E-state index contributed by atoms with van der Waals surface area (Å²) in [6.07, 6.45) is 2.12. The Morgan fingerprint density at radius 2 is 1.83 bits per heavy atom. The Balaban J connectivity index is 1.50. The number of aryl methyl sites for hydroxylation is 1. The van der Waals surface area contributed by atoms with Crippen molar-refractivity contribution in [3.8, 4) is 0 Å². The Morgan fingerprint density at radius 1 is 1.10 bits per heavy atom. The monoisotopic (exact) mass is 392 g/mol. The first-order valence-corrected chi connectivity index (χ1v) is 9.33. The number of amides is 5. The van der Waals surface area contributed by atoms with Gasteiger partial charge in [-0.25, -0.2) is 4.79 Å². The molecule has 4 N–H and O–H groups in total. The van der Waals surface area contributed by atoms with Crippen LogP contribution in [0.2, 0.25) is 0 Å². The van der Waals surface area contributed by atoms with Crippen molar-refractivity contribution in [3.05, 3.63) is 65.2 Å². The van der Waals surface area contributed by atoms with Gasteiger partial charge in [0.1, 0.15) is 12.1 Å². The van der Waals surface area contributed by atoms with E-state index in [4.69, 9.17) is 5.73 Å². The fraction of sp³-hybridized carbons (Fsp3) is 0.238. The second-order valence-electron chi connectivity index (χ2n) is 7.23. The molecule has 1 atom stereocenters. The molecule has 4 rings (SSSR count). The van der Waals surface area contributed by atoms with Gasteiger partial charge in [0.25, 0.3) is 5.91 Å². The van der Waals surface area contributed by atoms with Gasteiger partial charge in [0.05, 0.1) is 0 Å². The van der Waals surface area contributed by atoms with Gasteiger partial charge in [-0.15, -0.1) is 0 Å². The van der Waals surface area contributed by atoms with Gasteiger partial charge in [0.2, 0.25) is 11.8 Å². The van der Waals surface area contributed by atoms with Crippen LogP contribution in [-0.2, 0) is 21.5 Å². The molecule has 1 fully saturated rings. The van der Waals surface area contributed by atoms with Gasteiger partial charge >= 0.3 is 6.03 Å². The molecule has 5 amide bonds. The molecular formula is C21H20N4O4. The van der Waals surface area contributed by atoms with E-state index in [0.717, 1.165) is 28.9 Å². The fourth-order valence-electron chi connectivity index (χ4n) is 4.02. The number of carbonyl (C=O) groups excluding carboxylic acids is 4. The molecule has 1 heterocycles. The van der Waals surface area contributed by atoms with Crippen molar-refractivity contribution in [2.75, 3.05) is 11.9 Å². The summed E-state index contributed by atoms with van der Waals surface area (Å²) in [6, 6.07) is 13.0. The lowest BCUT2D eigenvalue weighted by atomic mass is 9.76. The van der Waals surface area contributed by atoms with Crippen LogP contribution in [0.25, 0.3) is 0 Å². The number of anilines is 1. The van der Waals surface area contributed by atoms with Crippen LogP contribution in [0.4, 0.5) is 10.5 Å². The van der Waals surface area contributed by atoms with Crippen LogP contribution in [0.3, 0.4) is 0 Å². The van der Waals surface area contributed by atoms with Gasteiger partial charge < -0.3 is 16.4 Å². The lowest BCUT2D eigenvalue weighted by Gasteiger charge is -2.33. The van der Waals surface area contributed by atoms with Gasteiger partial charge in [-0.05, 0) is 54.7 Å². The van der Waals surface area contributed by atoms with Crippen molar-refractivity contribution in [2.45, 2.75) is 24.8 Å². The van der Waals surface area contributed by atoms with Gasteiger partial charge in [-0.2, -0.15) is 0 Å². The van der Waals surface area contributed by atoms with Crippen molar-refractivity contribution in [1.29, 1.82) is 0 Å². The summed E-state index contributed by atoms with van der Waals surface area (Å²) < 4.78 is 0. The van der Waals surface area contributed by atoms with Crippen molar-refractivity contribution >= 4 is 29.4 Å². The first kappa shape index (κ1) is 18.7. The zero-order valence-corrected chi connectivity index (χ0v) is 15.6. The lowest BCUT2D eigenvalue weighted by Crippen LogP contribution is -2.47. The molecule has 1 saturated heterocycles. The van der Waals surface area contributed by atoms with E-state index < -0.39 is 35.8 Å². The van der Waals surface area contributed by atoms with Crippen molar-refractivity contribution < 1.29 is 19.2 Å². The Kier molecular flexibility index (Phi) is 4.54. The predicted octanol–water partition coefficient (Wildman–Crippen LogP) is 1.51. The van der Waals surface area contributed by atoms with Crippen LogP contribution < -0.4 is 16.4 Å². The number of urea groups is 1. The molecule has 1 aliphatic heterocycles. The number of nitrogens with zero attached hydrogens (tertiary/aromatic N) is 1. The summed E-state index contributed by atoms with van der Waals surface area (Å²) in [5.74, 6) is -1.49. The van der Waals surface area contributed by atoms with Crippen LogP contribution in [0.5, 0.6) is 0 Å². The van der Waals surface area contributed by atoms with Crippen molar-refractivity contribution in [1.82, 2.24) is 10.2 Å². The molecular weight excluding hydrogens is 372 g/mol. The third kappa shape index (κ3) is 3.22. The Labute approximate surface area is 167 Å². The van der Waals surface area contributed by atoms with Crippen LogP contribution in [0.1, 0.15) is 34.3 Å². The number of carbonyl (C=O) groups is 4. The first-order chi connectivity index (χ1) is 13.9. The van der Waals surface area contributed by atoms with Gasteiger partial charge in [-0.3, -0.25) is 19.3 Å². The lowest BCUT2D eigenvalue weighted by molar-refractivity contribution is -0.134. The van der Waals surface area contributed by atoms with E-state index in [-0.39, 0.29) is 0 Å². The molecule has 1 unspecified atom stereocenters. The smallest absolute Gasteiger partial charge is 0.325 e. The average molecular weight is 392 g/mol. The number of nitrogens with two attached hydrogens (primary N) is 1. The van der Waals surface area contributed by atoms with Gasteiger partial charge in [-0.1, -0.05) is 24.3 Å². The Hall–Kier alpha value is -3.68. The van der Waals surface area contributed by atoms with E-state index in [1.165, 1.54) is 24.3 Å². The zero-order chi connectivity index (χ0) is 20.6. The van der Waals surface area contributed by atoms with E-state index in [9.17, 15) is 19.2 Å². The predicted molar refractivity (Wildman–Crippen MR) is 105 cm³/mol. The van der Waals surface area contributed by atoms with Crippen LogP contribution in [-0.4, -0.2) is 35.2 Å². The SMILES string of the molecule is NC(=O)c1ccc(NC(=O)CN2C(=O)NC3(CCCc4ccccc43)C2=O)cc1. The molecule has 29 heavy (non-hydrogen) atoms. The minimum atomic E-state index is -1.10. The number of primary amides is 1. The highest BCUT2D eigenvalue weighted by Gasteiger charge is 2.54. The number of hydrogen-bond donors (Lipinski definition) is 3. The third-order valence-corrected chi connectivity index (χ3v) is 5.41. The summed E-state index contributed by atoms with van der Waals surface area (Å²) in [4.78, 5) is 50.2. The topological polar surface area (TPSA) is 122 Å². The van der Waals surface area contributed by atoms with Gasteiger partial charge in [0, 0.05) is 11.3 Å². The normalized spacial score (nSPS) is 20.3. The number of hydrogen-bond acceptors (Lipinski definition) is 4. The van der Waals surface area contributed by atoms with Crippen molar-refractivity contribution in [2.24, 2.45) is 5.73 Å². The molecule has 8 heteroatoms. The summed E-state index contributed by atoms with van der Waals surface area (Å²) in [5.41, 5.74) is 6.68. The molecule has 0 saturated carbocycles. The summed E-state index contributed by atoms with van der Waals surface area (Å²) >= 11 is 0. The molecule has 8 nitrogen and oxygen atoms in total. The zero-order valence-electron chi connectivity index (χ0n) is 15.6. The van der Waals surface area contributed by atoms with E-state index in [1.54, 1.807) is 0 Å². The average Bonchev–Trinajstić information content (AvgIpc) is 2.93. The number of rotatable bonds is 4. The maximum Gasteiger partial charge on any atom is 0.325 e. The molecule has 2 aromatic carbocycles. The molecule has 148 valence electrons. The quantitative estimate of drug-likeness (QED) is 0.683. The molecule has 2 aliphatic rings. The third-order valence-electron chi connectivity index (χ3n) is 5.41. The first-order valence-electron chi connectivity index (χ1n) is 9.33. The molecule has 1 spiro atoms. The number of imide groups is 1. The number of nitrogens with one attached hydrogen (secondary N) is 2.